The van der Waals surface area contributed by atoms with Gasteiger partial charge in [0.1, 0.15) is 0 Å². The molecule has 0 fully saturated rings. The predicted molar refractivity (Wildman–Crippen MR) is 79.4 cm³/mol. The average Bonchev–Trinajstić information content (AvgIpc) is 2.72. The molecule has 5 heteroatoms. The van der Waals surface area contributed by atoms with Crippen LogP contribution in [0.1, 0.15) is 28.5 Å². The van der Waals surface area contributed by atoms with Crippen LogP contribution in [0.25, 0.3) is 0 Å². The average molecular weight is 322 g/mol. The first-order chi connectivity index (χ1) is 9.02. The Bertz CT molecular complexity index is 619. The number of carbonyl (C=O) groups is 1. The molecule has 0 unspecified atom stereocenters. The van der Waals surface area contributed by atoms with Gasteiger partial charge < -0.3 is 5.32 Å². The van der Waals surface area contributed by atoms with Gasteiger partial charge in [0.05, 0.1) is 11.4 Å². The summed E-state index contributed by atoms with van der Waals surface area (Å²) in [4.78, 5) is 12.3. The zero-order valence-corrected chi connectivity index (χ0v) is 12.8. The number of carbonyl (C=O) groups excluding carboxylic acids is 1. The van der Waals surface area contributed by atoms with E-state index >= 15 is 0 Å². The Hall–Kier alpha value is -1.62. The number of nitrogens with one attached hydrogen (secondary N) is 1. The Balaban J connectivity index is 2.28. The van der Waals surface area contributed by atoms with E-state index in [1.165, 1.54) is 0 Å². The maximum absolute atomic E-state index is 12.3. The maximum Gasteiger partial charge on any atom is 0.256 e. The molecule has 1 amide bonds. The molecule has 0 radical (unpaired) electrons. The first-order valence-electron chi connectivity index (χ1n) is 6.12. The quantitative estimate of drug-likeness (QED) is 0.942. The number of rotatable bonds is 3. The highest BCUT2D eigenvalue weighted by Gasteiger charge is 2.14. The molecule has 100 valence electrons. The second-order valence-electron chi connectivity index (χ2n) is 4.38. The van der Waals surface area contributed by atoms with Gasteiger partial charge >= 0.3 is 0 Å². The third-order valence-electron chi connectivity index (χ3n) is 3.00. The summed E-state index contributed by atoms with van der Waals surface area (Å²) in [5.41, 5.74) is 3.26. The Morgan fingerprint density at radius 3 is 2.89 bits per heavy atom. The zero-order chi connectivity index (χ0) is 14.0. The highest BCUT2D eigenvalue weighted by atomic mass is 79.9. The lowest BCUT2D eigenvalue weighted by molar-refractivity contribution is 0.102. The number of hydrogen-bond acceptors (Lipinski definition) is 2. The van der Waals surface area contributed by atoms with Gasteiger partial charge in [0.2, 0.25) is 0 Å². The molecule has 0 aliphatic rings. The fraction of sp³-hybridized carbons (Fsp3) is 0.286. The normalized spacial score (nSPS) is 10.5. The van der Waals surface area contributed by atoms with E-state index in [1.807, 2.05) is 45.3 Å². The van der Waals surface area contributed by atoms with Crippen molar-refractivity contribution in [2.45, 2.75) is 20.3 Å². The number of anilines is 1. The molecule has 0 spiro atoms. The van der Waals surface area contributed by atoms with Crippen molar-refractivity contribution in [2.24, 2.45) is 7.05 Å². The van der Waals surface area contributed by atoms with E-state index in [9.17, 15) is 4.79 Å². The largest absolute Gasteiger partial charge is 0.319 e. The molecule has 19 heavy (non-hydrogen) atoms. The van der Waals surface area contributed by atoms with E-state index in [0.717, 1.165) is 27.8 Å². The summed E-state index contributed by atoms with van der Waals surface area (Å²) < 4.78 is 2.64. The lowest BCUT2D eigenvalue weighted by atomic mass is 10.1. The molecular weight excluding hydrogens is 306 g/mol. The van der Waals surface area contributed by atoms with Crippen molar-refractivity contribution >= 4 is 27.5 Å². The van der Waals surface area contributed by atoms with Gasteiger partial charge in [0.15, 0.2) is 0 Å². The zero-order valence-electron chi connectivity index (χ0n) is 11.2. The number of nitrogens with zero attached hydrogens (tertiary/aromatic N) is 2. The number of hydrogen-bond donors (Lipinski definition) is 1. The molecule has 0 aliphatic heterocycles. The number of aryl methyl sites for hydroxylation is 2. The number of benzene rings is 1. The van der Waals surface area contributed by atoms with E-state index in [0.29, 0.717) is 5.56 Å². The van der Waals surface area contributed by atoms with E-state index in [2.05, 4.69) is 26.3 Å². The van der Waals surface area contributed by atoms with Crippen LogP contribution >= 0.6 is 15.9 Å². The van der Waals surface area contributed by atoms with Crippen LogP contribution < -0.4 is 5.32 Å². The van der Waals surface area contributed by atoms with E-state index in [4.69, 9.17) is 0 Å². The first kappa shape index (κ1) is 13.8. The number of aromatic nitrogens is 2. The summed E-state index contributed by atoms with van der Waals surface area (Å²) in [6.45, 7) is 3.94. The predicted octanol–water partition coefficient (Wildman–Crippen LogP) is 3.31. The van der Waals surface area contributed by atoms with Crippen molar-refractivity contribution in [3.63, 3.8) is 0 Å². The molecule has 4 nitrogen and oxygen atoms in total. The van der Waals surface area contributed by atoms with Crippen molar-refractivity contribution in [3.8, 4) is 0 Å². The van der Waals surface area contributed by atoms with Gasteiger partial charge in [0.25, 0.3) is 5.91 Å². The fourth-order valence-electron chi connectivity index (χ4n) is 1.94. The molecule has 0 saturated carbocycles. The molecular formula is C14H16BrN3O. The van der Waals surface area contributed by atoms with Crippen LogP contribution in [0.4, 0.5) is 5.69 Å². The fourth-order valence-corrected chi connectivity index (χ4v) is 2.31. The van der Waals surface area contributed by atoms with Gasteiger partial charge in [-0.15, -0.1) is 0 Å². The lowest BCUT2D eigenvalue weighted by Gasteiger charge is -2.08. The van der Waals surface area contributed by atoms with Gasteiger partial charge in [-0.25, -0.2) is 0 Å². The summed E-state index contributed by atoms with van der Waals surface area (Å²) in [5, 5.41) is 7.23. The molecule has 0 aliphatic carbocycles. The molecule has 1 heterocycles. The highest BCUT2D eigenvalue weighted by Crippen LogP contribution is 2.21. The number of halogens is 1. The highest BCUT2D eigenvalue weighted by molar-refractivity contribution is 9.10. The van der Waals surface area contributed by atoms with E-state index < -0.39 is 0 Å². The molecule has 0 saturated heterocycles. The SMILES string of the molecule is CCc1nn(C)cc1NC(=O)c1cccc(Br)c1C. The smallest absolute Gasteiger partial charge is 0.256 e. The molecule has 2 aromatic rings. The minimum absolute atomic E-state index is 0.110. The second-order valence-corrected chi connectivity index (χ2v) is 5.24. The Kier molecular flexibility index (Phi) is 4.04. The van der Waals surface area contributed by atoms with Gasteiger partial charge in [0, 0.05) is 23.3 Å². The van der Waals surface area contributed by atoms with Crippen LogP contribution in [0.3, 0.4) is 0 Å². The molecule has 0 atom stereocenters. The third kappa shape index (κ3) is 2.87. The maximum atomic E-state index is 12.3. The monoisotopic (exact) mass is 321 g/mol. The van der Waals surface area contributed by atoms with Gasteiger partial charge in [-0.2, -0.15) is 5.10 Å². The summed E-state index contributed by atoms with van der Waals surface area (Å²) >= 11 is 3.44. The van der Waals surface area contributed by atoms with Crippen molar-refractivity contribution < 1.29 is 4.79 Å². The molecule has 1 N–H and O–H groups in total. The van der Waals surface area contributed by atoms with Gasteiger partial charge in [-0.1, -0.05) is 28.9 Å². The van der Waals surface area contributed by atoms with Crippen LogP contribution in [0.5, 0.6) is 0 Å². The van der Waals surface area contributed by atoms with Gasteiger partial charge in [-0.3, -0.25) is 9.48 Å². The van der Waals surface area contributed by atoms with Crippen LogP contribution in [0, 0.1) is 6.92 Å². The Labute approximate surface area is 120 Å². The summed E-state index contributed by atoms with van der Waals surface area (Å²) in [5.74, 6) is -0.110. The van der Waals surface area contributed by atoms with Gasteiger partial charge in [-0.05, 0) is 31.0 Å². The first-order valence-corrected chi connectivity index (χ1v) is 6.91. The van der Waals surface area contributed by atoms with Crippen LogP contribution in [-0.4, -0.2) is 15.7 Å². The van der Waals surface area contributed by atoms with E-state index in [-0.39, 0.29) is 5.91 Å². The summed E-state index contributed by atoms with van der Waals surface area (Å²) in [6, 6.07) is 5.60. The Morgan fingerprint density at radius 1 is 1.47 bits per heavy atom. The topological polar surface area (TPSA) is 46.9 Å². The van der Waals surface area contributed by atoms with E-state index in [1.54, 1.807) is 4.68 Å². The van der Waals surface area contributed by atoms with Crippen LogP contribution in [0.15, 0.2) is 28.9 Å². The molecule has 1 aromatic heterocycles. The minimum Gasteiger partial charge on any atom is -0.319 e. The summed E-state index contributed by atoms with van der Waals surface area (Å²) in [7, 11) is 1.85. The van der Waals surface area contributed by atoms with Crippen LogP contribution in [-0.2, 0) is 13.5 Å². The van der Waals surface area contributed by atoms with Crippen molar-refractivity contribution in [1.29, 1.82) is 0 Å². The molecule has 0 bridgehead atoms. The summed E-state index contributed by atoms with van der Waals surface area (Å²) in [6.07, 6.45) is 2.61. The molecule has 1 aromatic carbocycles. The molecule has 2 rings (SSSR count). The number of amides is 1. The minimum atomic E-state index is -0.110. The Morgan fingerprint density at radius 2 is 2.21 bits per heavy atom. The third-order valence-corrected chi connectivity index (χ3v) is 3.86. The van der Waals surface area contributed by atoms with Crippen molar-refractivity contribution in [3.05, 3.63) is 45.7 Å². The lowest BCUT2D eigenvalue weighted by Crippen LogP contribution is -2.14. The second kappa shape index (κ2) is 5.57. The van der Waals surface area contributed by atoms with Crippen molar-refractivity contribution in [1.82, 2.24) is 9.78 Å². The standard InChI is InChI=1S/C14H16BrN3O/c1-4-12-13(8-18(3)17-12)16-14(19)10-6-5-7-11(15)9(10)2/h5-8H,4H2,1-3H3,(H,16,19). The van der Waals surface area contributed by atoms with Crippen molar-refractivity contribution in [2.75, 3.05) is 5.32 Å². The van der Waals surface area contributed by atoms with Crippen LogP contribution in [0.2, 0.25) is 0 Å².